The van der Waals surface area contributed by atoms with Gasteiger partial charge in [-0.2, -0.15) is 0 Å². The van der Waals surface area contributed by atoms with Crippen molar-refractivity contribution in [2.24, 2.45) is 0 Å². The highest BCUT2D eigenvalue weighted by molar-refractivity contribution is 6.02. The number of benzene rings is 2. The van der Waals surface area contributed by atoms with Crippen molar-refractivity contribution in [2.75, 3.05) is 11.9 Å². The minimum atomic E-state index is -0.691. The predicted molar refractivity (Wildman–Crippen MR) is 86.7 cm³/mol. The van der Waals surface area contributed by atoms with E-state index in [9.17, 15) is 4.79 Å². The quantitative estimate of drug-likeness (QED) is 0.790. The minimum absolute atomic E-state index is 0.182. The van der Waals surface area contributed by atoms with Crippen molar-refractivity contribution in [3.8, 4) is 11.5 Å². The summed E-state index contributed by atoms with van der Waals surface area (Å²) < 4.78 is 11.3. The van der Waals surface area contributed by atoms with Gasteiger partial charge in [0.05, 0.1) is 11.2 Å². The van der Waals surface area contributed by atoms with Crippen molar-refractivity contribution in [2.45, 2.75) is 6.10 Å². The highest BCUT2D eigenvalue weighted by Crippen LogP contribution is 2.31. The first-order valence-electron chi connectivity index (χ1n) is 7.34. The van der Waals surface area contributed by atoms with E-state index in [0.29, 0.717) is 17.2 Å². The fourth-order valence-electron chi connectivity index (χ4n) is 2.57. The number of carbonyl (C=O) groups is 1. The van der Waals surface area contributed by atoms with Gasteiger partial charge in [0.15, 0.2) is 11.5 Å². The fourth-order valence-corrected chi connectivity index (χ4v) is 2.57. The van der Waals surface area contributed by atoms with Crippen molar-refractivity contribution in [3.63, 3.8) is 0 Å². The molecule has 0 saturated carbocycles. The molecule has 0 unspecified atom stereocenters. The average molecular weight is 306 g/mol. The molecule has 4 rings (SSSR count). The topological polar surface area (TPSA) is 60.5 Å². The lowest BCUT2D eigenvalue weighted by molar-refractivity contribution is -0.125. The second kappa shape index (κ2) is 5.61. The van der Waals surface area contributed by atoms with E-state index in [0.717, 1.165) is 10.9 Å². The normalized spacial score (nSPS) is 16.1. The van der Waals surface area contributed by atoms with Gasteiger partial charge in [0.2, 0.25) is 6.10 Å². The zero-order valence-corrected chi connectivity index (χ0v) is 12.2. The highest BCUT2D eigenvalue weighted by Gasteiger charge is 2.27. The maximum Gasteiger partial charge on any atom is 0.269 e. The van der Waals surface area contributed by atoms with E-state index in [1.54, 1.807) is 12.3 Å². The van der Waals surface area contributed by atoms with Crippen molar-refractivity contribution in [1.29, 1.82) is 0 Å². The molecule has 3 aromatic rings. The number of hydrogen-bond donors (Lipinski definition) is 1. The maximum absolute atomic E-state index is 12.5. The molecule has 1 atom stereocenters. The van der Waals surface area contributed by atoms with Crippen molar-refractivity contribution >= 4 is 22.5 Å². The summed E-state index contributed by atoms with van der Waals surface area (Å²) in [5.74, 6) is 0.982. The zero-order valence-electron chi connectivity index (χ0n) is 12.2. The van der Waals surface area contributed by atoms with Crippen molar-refractivity contribution < 1.29 is 14.3 Å². The molecule has 0 spiro atoms. The molecule has 2 heterocycles. The SMILES string of the molecule is O=C(Nc1cccc2cccnc12)[C@H]1COc2ccccc2O1. The maximum atomic E-state index is 12.5. The van der Waals surface area contributed by atoms with Gasteiger partial charge in [-0.05, 0) is 24.3 Å². The fraction of sp³-hybridized carbons (Fsp3) is 0.111. The standard InChI is InChI=1S/C18H14N2O3/c21-18(16-11-22-14-8-1-2-9-15(14)23-16)20-13-7-3-5-12-6-4-10-19-17(12)13/h1-10,16H,11H2,(H,20,21)/t16-/m1/s1. The van der Waals surface area contributed by atoms with Crippen LogP contribution in [0.4, 0.5) is 5.69 Å². The Balaban J connectivity index is 1.56. The molecule has 1 N–H and O–H groups in total. The van der Waals surface area contributed by atoms with Gasteiger partial charge in [-0.25, -0.2) is 0 Å². The van der Waals surface area contributed by atoms with Gasteiger partial charge in [-0.3, -0.25) is 9.78 Å². The summed E-state index contributed by atoms with van der Waals surface area (Å²) >= 11 is 0. The summed E-state index contributed by atoms with van der Waals surface area (Å²) in [6, 6.07) is 16.8. The number of nitrogens with zero attached hydrogens (tertiary/aromatic N) is 1. The summed E-state index contributed by atoms with van der Waals surface area (Å²) in [7, 11) is 0. The summed E-state index contributed by atoms with van der Waals surface area (Å²) in [6.07, 6.45) is 1.01. The monoisotopic (exact) mass is 306 g/mol. The Morgan fingerprint density at radius 1 is 1.04 bits per heavy atom. The molecular formula is C18H14N2O3. The number of carbonyl (C=O) groups excluding carboxylic acids is 1. The molecule has 1 aromatic heterocycles. The van der Waals surface area contributed by atoms with Gasteiger partial charge in [0.25, 0.3) is 5.91 Å². The third kappa shape index (κ3) is 2.57. The lowest BCUT2D eigenvalue weighted by Crippen LogP contribution is -2.40. The Morgan fingerprint density at radius 2 is 1.87 bits per heavy atom. The summed E-state index contributed by atoms with van der Waals surface area (Å²) in [6.45, 7) is 0.182. The largest absolute Gasteiger partial charge is 0.485 e. The smallest absolute Gasteiger partial charge is 0.269 e. The number of para-hydroxylation sites is 3. The number of rotatable bonds is 2. The van der Waals surface area contributed by atoms with Gasteiger partial charge in [-0.15, -0.1) is 0 Å². The first-order valence-corrected chi connectivity index (χ1v) is 7.34. The number of fused-ring (bicyclic) bond motifs is 2. The van der Waals surface area contributed by atoms with E-state index in [-0.39, 0.29) is 12.5 Å². The molecule has 0 aliphatic carbocycles. The zero-order chi connectivity index (χ0) is 15.6. The van der Waals surface area contributed by atoms with E-state index < -0.39 is 6.10 Å². The first-order chi connectivity index (χ1) is 11.3. The predicted octanol–water partition coefficient (Wildman–Crippen LogP) is 3.01. The van der Waals surface area contributed by atoms with Crippen LogP contribution in [0, 0.1) is 0 Å². The highest BCUT2D eigenvalue weighted by atomic mass is 16.6. The van der Waals surface area contributed by atoms with Crippen LogP contribution in [-0.4, -0.2) is 23.6 Å². The number of aromatic nitrogens is 1. The molecule has 23 heavy (non-hydrogen) atoms. The molecule has 0 fully saturated rings. The Labute approximate surface area is 132 Å². The van der Waals surface area contributed by atoms with Gasteiger partial charge in [0.1, 0.15) is 6.61 Å². The van der Waals surface area contributed by atoms with E-state index in [1.807, 2.05) is 48.5 Å². The number of pyridine rings is 1. The van der Waals surface area contributed by atoms with Crippen LogP contribution in [0.3, 0.4) is 0 Å². The van der Waals surface area contributed by atoms with Gasteiger partial charge in [0, 0.05) is 11.6 Å². The van der Waals surface area contributed by atoms with Gasteiger partial charge < -0.3 is 14.8 Å². The number of ether oxygens (including phenoxy) is 2. The van der Waals surface area contributed by atoms with Crippen LogP contribution in [-0.2, 0) is 4.79 Å². The Bertz CT molecular complexity index is 874. The molecule has 1 amide bonds. The lowest BCUT2D eigenvalue weighted by Gasteiger charge is -2.25. The number of amides is 1. The Kier molecular flexibility index (Phi) is 3.31. The van der Waals surface area contributed by atoms with Crippen LogP contribution in [0.2, 0.25) is 0 Å². The van der Waals surface area contributed by atoms with Gasteiger partial charge in [-0.1, -0.05) is 30.3 Å². The van der Waals surface area contributed by atoms with E-state index in [2.05, 4.69) is 10.3 Å². The molecule has 0 saturated heterocycles. The van der Waals surface area contributed by atoms with Crippen LogP contribution < -0.4 is 14.8 Å². The Morgan fingerprint density at radius 3 is 2.78 bits per heavy atom. The van der Waals surface area contributed by atoms with Crippen LogP contribution in [0.15, 0.2) is 60.8 Å². The average Bonchev–Trinajstić information content (AvgIpc) is 2.61. The molecule has 1 aliphatic heterocycles. The van der Waals surface area contributed by atoms with Crippen molar-refractivity contribution in [1.82, 2.24) is 4.98 Å². The summed E-state index contributed by atoms with van der Waals surface area (Å²) in [4.78, 5) is 16.8. The Hall–Kier alpha value is -3.08. The number of nitrogens with one attached hydrogen (secondary N) is 1. The first kappa shape index (κ1) is 13.6. The molecule has 114 valence electrons. The summed E-state index contributed by atoms with van der Waals surface area (Å²) in [5, 5.41) is 3.85. The van der Waals surface area contributed by atoms with E-state index in [1.165, 1.54) is 0 Å². The van der Waals surface area contributed by atoms with Gasteiger partial charge >= 0.3 is 0 Å². The van der Waals surface area contributed by atoms with Crippen LogP contribution in [0.5, 0.6) is 11.5 Å². The molecule has 5 heteroatoms. The second-order valence-corrected chi connectivity index (χ2v) is 5.23. The third-order valence-electron chi connectivity index (χ3n) is 3.69. The number of hydrogen-bond acceptors (Lipinski definition) is 4. The van der Waals surface area contributed by atoms with E-state index >= 15 is 0 Å². The number of anilines is 1. The molecule has 2 aromatic carbocycles. The third-order valence-corrected chi connectivity index (χ3v) is 3.69. The molecule has 0 radical (unpaired) electrons. The minimum Gasteiger partial charge on any atom is -0.485 e. The van der Waals surface area contributed by atoms with E-state index in [4.69, 9.17) is 9.47 Å². The van der Waals surface area contributed by atoms with Crippen LogP contribution in [0.25, 0.3) is 10.9 Å². The molecule has 1 aliphatic rings. The molecular weight excluding hydrogens is 292 g/mol. The molecule has 5 nitrogen and oxygen atoms in total. The van der Waals surface area contributed by atoms with Crippen LogP contribution >= 0.6 is 0 Å². The molecule has 0 bridgehead atoms. The summed E-state index contributed by atoms with van der Waals surface area (Å²) in [5.41, 5.74) is 1.41. The second-order valence-electron chi connectivity index (χ2n) is 5.23. The lowest BCUT2D eigenvalue weighted by atomic mass is 10.2. The van der Waals surface area contributed by atoms with Crippen molar-refractivity contribution in [3.05, 3.63) is 60.8 Å². The van der Waals surface area contributed by atoms with Crippen LogP contribution in [0.1, 0.15) is 0 Å².